The van der Waals surface area contributed by atoms with Crippen LogP contribution in [0.2, 0.25) is 0 Å². The van der Waals surface area contributed by atoms with Gasteiger partial charge in [0.2, 0.25) is 5.91 Å². The van der Waals surface area contributed by atoms with Gasteiger partial charge < -0.3 is 15.0 Å². The van der Waals surface area contributed by atoms with E-state index in [1.807, 2.05) is 52.8 Å². The normalized spacial score (nSPS) is 23.5. The second-order valence-corrected chi connectivity index (χ2v) is 8.23. The molecular formula is C18H25BrN2O3. The van der Waals surface area contributed by atoms with Crippen molar-refractivity contribution >= 4 is 33.6 Å². The lowest BCUT2D eigenvalue weighted by molar-refractivity contribution is -0.117. The van der Waals surface area contributed by atoms with Crippen molar-refractivity contribution < 1.29 is 14.3 Å². The molecule has 1 aromatic rings. The van der Waals surface area contributed by atoms with Crippen molar-refractivity contribution in [2.24, 2.45) is 5.92 Å². The molecule has 0 bridgehead atoms. The Morgan fingerprint density at radius 2 is 1.88 bits per heavy atom. The molecule has 6 heteroatoms. The quantitative estimate of drug-likeness (QED) is 0.764. The molecule has 2 rings (SSSR count). The first-order chi connectivity index (χ1) is 11.0. The zero-order valence-electron chi connectivity index (χ0n) is 15.0. The summed E-state index contributed by atoms with van der Waals surface area (Å²) in [6.07, 6.45) is -0.450. The van der Waals surface area contributed by atoms with E-state index in [2.05, 4.69) is 21.2 Å². The number of anilines is 1. The number of benzene rings is 1. The van der Waals surface area contributed by atoms with Crippen molar-refractivity contribution in [3.8, 4) is 0 Å². The first-order valence-corrected chi connectivity index (χ1v) is 8.89. The number of nitrogens with zero attached hydrogens (tertiary/aromatic N) is 1. The zero-order chi connectivity index (χ0) is 18.2. The van der Waals surface area contributed by atoms with Crippen LogP contribution >= 0.6 is 15.9 Å². The minimum atomic E-state index is -0.556. The Morgan fingerprint density at radius 3 is 2.42 bits per heavy atom. The van der Waals surface area contributed by atoms with Crippen LogP contribution in [0, 0.1) is 5.92 Å². The summed E-state index contributed by atoms with van der Waals surface area (Å²) in [4.78, 5) is 26.2. The second-order valence-electron chi connectivity index (χ2n) is 7.32. The highest BCUT2D eigenvalue weighted by atomic mass is 79.9. The molecular weight excluding hydrogens is 372 g/mol. The van der Waals surface area contributed by atoms with Gasteiger partial charge in [-0.1, -0.05) is 22.9 Å². The third kappa shape index (κ3) is 3.91. The van der Waals surface area contributed by atoms with Gasteiger partial charge in [0.05, 0.1) is 6.04 Å². The van der Waals surface area contributed by atoms with Crippen LogP contribution in [0.15, 0.2) is 22.7 Å². The predicted molar refractivity (Wildman–Crippen MR) is 98.0 cm³/mol. The molecule has 3 atom stereocenters. The molecule has 0 spiro atoms. The van der Waals surface area contributed by atoms with E-state index in [0.29, 0.717) is 0 Å². The number of halogens is 1. The van der Waals surface area contributed by atoms with E-state index in [0.717, 1.165) is 15.7 Å². The van der Waals surface area contributed by atoms with E-state index in [1.54, 1.807) is 11.8 Å². The third-order valence-electron chi connectivity index (χ3n) is 4.29. The SMILES string of the molecule is CC(=O)N1c2ccc(Br)cc2[C@H](NC(=O)OC(C)(C)C)[C@@H](C)[C@@H]1C. The van der Waals surface area contributed by atoms with Crippen LogP contribution in [0.1, 0.15) is 53.1 Å². The molecule has 2 amide bonds. The lowest BCUT2D eigenvalue weighted by Gasteiger charge is -2.43. The summed E-state index contributed by atoms with van der Waals surface area (Å²) >= 11 is 3.48. The maximum Gasteiger partial charge on any atom is 0.408 e. The van der Waals surface area contributed by atoms with Crippen molar-refractivity contribution in [3.05, 3.63) is 28.2 Å². The minimum absolute atomic E-state index is 0.00589. The van der Waals surface area contributed by atoms with Crippen LogP contribution in [-0.4, -0.2) is 23.6 Å². The molecule has 0 fully saturated rings. The zero-order valence-corrected chi connectivity index (χ0v) is 16.6. The average molecular weight is 397 g/mol. The number of rotatable bonds is 1. The van der Waals surface area contributed by atoms with Crippen molar-refractivity contribution in [3.63, 3.8) is 0 Å². The van der Waals surface area contributed by atoms with Crippen molar-refractivity contribution in [2.75, 3.05) is 4.90 Å². The van der Waals surface area contributed by atoms with Crippen LogP contribution < -0.4 is 10.2 Å². The summed E-state index contributed by atoms with van der Waals surface area (Å²) in [5.41, 5.74) is 1.19. The van der Waals surface area contributed by atoms with Gasteiger partial charge in [-0.3, -0.25) is 4.79 Å². The van der Waals surface area contributed by atoms with Gasteiger partial charge in [-0.15, -0.1) is 0 Å². The fraction of sp³-hybridized carbons (Fsp3) is 0.556. The van der Waals surface area contributed by atoms with Gasteiger partial charge in [-0.2, -0.15) is 0 Å². The number of alkyl carbamates (subject to hydrolysis) is 1. The standard InChI is InChI=1S/C18H25BrN2O3/c1-10-11(2)21(12(3)22)15-8-7-13(19)9-14(15)16(10)20-17(23)24-18(4,5)6/h7-11,16H,1-6H3,(H,20,23)/t10-,11-,16+/m0/s1. The highest BCUT2D eigenvalue weighted by molar-refractivity contribution is 9.10. The van der Waals surface area contributed by atoms with Gasteiger partial charge in [-0.05, 0) is 51.5 Å². The number of hydrogen-bond donors (Lipinski definition) is 1. The van der Waals surface area contributed by atoms with E-state index in [9.17, 15) is 9.59 Å². The topological polar surface area (TPSA) is 58.6 Å². The molecule has 0 saturated heterocycles. The Hall–Kier alpha value is -1.56. The number of fused-ring (bicyclic) bond motifs is 1. The number of carbonyl (C=O) groups is 2. The Bertz CT molecular complexity index is 654. The molecule has 0 aliphatic carbocycles. The monoisotopic (exact) mass is 396 g/mol. The average Bonchev–Trinajstić information content (AvgIpc) is 2.42. The highest BCUT2D eigenvalue weighted by Gasteiger charge is 2.39. The summed E-state index contributed by atoms with van der Waals surface area (Å²) in [7, 11) is 0. The number of carbonyl (C=O) groups excluding carboxylic acids is 2. The molecule has 1 aromatic carbocycles. The van der Waals surface area contributed by atoms with Gasteiger partial charge in [0, 0.05) is 29.0 Å². The Balaban J connectivity index is 2.41. The molecule has 1 aliphatic heterocycles. The third-order valence-corrected chi connectivity index (χ3v) is 4.78. The molecule has 132 valence electrons. The van der Waals surface area contributed by atoms with Gasteiger partial charge in [0.1, 0.15) is 5.60 Å². The van der Waals surface area contributed by atoms with Gasteiger partial charge in [0.15, 0.2) is 0 Å². The maximum atomic E-state index is 12.3. The van der Waals surface area contributed by atoms with Gasteiger partial charge >= 0.3 is 6.09 Å². The Kier molecular flexibility index (Phi) is 5.28. The van der Waals surface area contributed by atoms with Crippen LogP contribution in [0.5, 0.6) is 0 Å². The molecule has 1 heterocycles. The van der Waals surface area contributed by atoms with Crippen molar-refractivity contribution in [2.45, 2.75) is 59.2 Å². The fourth-order valence-electron chi connectivity index (χ4n) is 3.11. The molecule has 0 radical (unpaired) electrons. The summed E-state index contributed by atoms with van der Waals surface area (Å²) in [5, 5.41) is 2.98. The van der Waals surface area contributed by atoms with Crippen LogP contribution in [0.3, 0.4) is 0 Å². The molecule has 0 unspecified atom stereocenters. The second kappa shape index (κ2) is 6.75. The highest BCUT2D eigenvalue weighted by Crippen LogP contribution is 2.42. The summed E-state index contributed by atoms with van der Waals surface area (Å²) in [6, 6.07) is 5.51. The minimum Gasteiger partial charge on any atom is -0.444 e. The summed E-state index contributed by atoms with van der Waals surface area (Å²) < 4.78 is 6.31. The van der Waals surface area contributed by atoms with E-state index in [-0.39, 0.29) is 23.9 Å². The molecule has 24 heavy (non-hydrogen) atoms. The maximum absolute atomic E-state index is 12.3. The molecule has 0 aromatic heterocycles. The van der Waals surface area contributed by atoms with E-state index >= 15 is 0 Å². The van der Waals surface area contributed by atoms with E-state index < -0.39 is 11.7 Å². The Labute approximate surface area is 151 Å². The molecule has 1 aliphatic rings. The smallest absolute Gasteiger partial charge is 0.408 e. The molecule has 0 saturated carbocycles. The van der Waals surface area contributed by atoms with Crippen LogP contribution in [0.25, 0.3) is 0 Å². The van der Waals surface area contributed by atoms with Gasteiger partial charge in [0.25, 0.3) is 0 Å². The van der Waals surface area contributed by atoms with E-state index in [1.165, 1.54) is 0 Å². The first kappa shape index (κ1) is 18.8. The Morgan fingerprint density at radius 1 is 1.25 bits per heavy atom. The van der Waals surface area contributed by atoms with Crippen LogP contribution in [-0.2, 0) is 9.53 Å². The van der Waals surface area contributed by atoms with Crippen LogP contribution in [0.4, 0.5) is 10.5 Å². The number of ether oxygens (including phenoxy) is 1. The van der Waals surface area contributed by atoms with E-state index in [4.69, 9.17) is 4.74 Å². The lowest BCUT2D eigenvalue weighted by atomic mass is 9.83. The predicted octanol–water partition coefficient (Wildman–Crippen LogP) is 4.41. The summed E-state index contributed by atoms with van der Waals surface area (Å²) in [5.74, 6) is 0.0388. The fourth-order valence-corrected chi connectivity index (χ4v) is 3.49. The van der Waals surface area contributed by atoms with Crippen molar-refractivity contribution in [1.29, 1.82) is 0 Å². The molecule has 5 nitrogen and oxygen atoms in total. The largest absolute Gasteiger partial charge is 0.444 e. The van der Waals surface area contributed by atoms with Crippen molar-refractivity contribution in [1.82, 2.24) is 5.32 Å². The van der Waals surface area contributed by atoms with Gasteiger partial charge in [-0.25, -0.2) is 4.79 Å². The lowest BCUT2D eigenvalue weighted by Crippen LogP contribution is -2.51. The summed E-state index contributed by atoms with van der Waals surface area (Å²) in [6.45, 7) is 11.1. The number of hydrogen-bond acceptors (Lipinski definition) is 3. The first-order valence-electron chi connectivity index (χ1n) is 8.10. The number of amides is 2. The molecule has 1 N–H and O–H groups in total. The number of nitrogens with one attached hydrogen (secondary N) is 1.